The van der Waals surface area contributed by atoms with Crippen molar-refractivity contribution >= 4 is 17.9 Å². The molecule has 9 heteroatoms. The van der Waals surface area contributed by atoms with Crippen LogP contribution in [0.3, 0.4) is 0 Å². The highest BCUT2D eigenvalue weighted by Crippen LogP contribution is 2.14. The Balaban J connectivity index is 4.30. The molecule has 0 aliphatic rings. The molecule has 0 aromatic carbocycles. The van der Waals surface area contributed by atoms with E-state index in [4.69, 9.17) is 18.9 Å². The first-order chi connectivity index (χ1) is 41.6. The quantitative estimate of drug-likeness (QED) is 0.0195. The molecule has 0 amide bonds. The molecule has 9 nitrogen and oxygen atoms in total. The third kappa shape index (κ3) is 65.8. The molecule has 0 saturated carbocycles. The van der Waals surface area contributed by atoms with Gasteiger partial charge in [0.2, 0.25) is 0 Å². The molecule has 0 aromatic rings. The van der Waals surface area contributed by atoms with Gasteiger partial charge < -0.3 is 33.3 Å². The smallest absolute Gasteiger partial charge is 0.306 e. The molecular weight excluding hydrogens is 1050 g/mol. The molecule has 0 fully saturated rings. The highest BCUT2D eigenvalue weighted by molar-refractivity contribution is 5.70. The minimum atomic E-state index is -1.64. The van der Waals surface area contributed by atoms with E-state index in [-0.39, 0.29) is 38.6 Å². The molecule has 0 heterocycles. The van der Waals surface area contributed by atoms with E-state index in [9.17, 15) is 19.5 Å². The van der Waals surface area contributed by atoms with E-state index in [0.29, 0.717) is 23.9 Å². The Kier molecular flexibility index (Phi) is 60.1. The lowest BCUT2D eigenvalue weighted by Crippen LogP contribution is -2.44. The molecule has 0 aliphatic carbocycles. The summed E-state index contributed by atoms with van der Waals surface area (Å²) in [6.45, 7) is 4.46. The summed E-state index contributed by atoms with van der Waals surface area (Å²) in [6.07, 6.45) is 95.2. The van der Waals surface area contributed by atoms with Crippen molar-refractivity contribution < 1.29 is 42.9 Å². The third-order valence-corrected chi connectivity index (χ3v) is 13.1. The van der Waals surface area contributed by atoms with E-state index in [2.05, 4.69) is 196 Å². The number of carboxylic acid groups (broad SMARTS) is 1. The van der Waals surface area contributed by atoms with E-state index in [1.54, 1.807) is 0 Å². The summed E-state index contributed by atoms with van der Waals surface area (Å²) in [7, 11) is 5.90. The van der Waals surface area contributed by atoms with Crippen molar-refractivity contribution in [3.8, 4) is 0 Å². The van der Waals surface area contributed by atoms with Crippen LogP contribution in [0.2, 0.25) is 0 Å². The average molecular weight is 1170 g/mol. The molecule has 2 atom stereocenters. The Hall–Kier alpha value is -5.61. The first-order valence-corrected chi connectivity index (χ1v) is 32.9. The number of unbranched alkanes of at least 4 members (excludes halogenated alkanes) is 13. The number of hydrogen-bond acceptors (Lipinski definition) is 8. The van der Waals surface area contributed by atoms with Gasteiger partial charge in [0.15, 0.2) is 12.4 Å². The Morgan fingerprint density at radius 2 is 0.635 bits per heavy atom. The number of quaternary nitrogens is 1. The number of ether oxygens (including phenoxy) is 4. The summed E-state index contributed by atoms with van der Waals surface area (Å²) >= 11 is 0. The third-order valence-electron chi connectivity index (χ3n) is 13.1. The predicted molar refractivity (Wildman–Crippen MR) is 361 cm³/mol. The van der Waals surface area contributed by atoms with Crippen molar-refractivity contribution in [3.05, 3.63) is 182 Å². The number of hydrogen-bond donors (Lipinski definition) is 0. The van der Waals surface area contributed by atoms with Gasteiger partial charge in [-0.3, -0.25) is 9.59 Å². The van der Waals surface area contributed by atoms with Gasteiger partial charge >= 0.3 is 11.9 Å². The van der Waals surface area contributed by atoms with Gasteiger partial charge in [0.25, 0.3) is 0 Å². The van der Waals surface area contributed by atoms with Crippen LogP contribution in [0.1, 0.15) is 219 Å². The van der Waals surface area contributed by atoms with Crippen LogP contribution in [0.25, 0.3) is 0 Å². The molecule has 0 aliphatic heterocycles. The standard InChI is InChI=1S/C76H119NO8/c1-6-8-10-12-14-16-18-20-22-24-26-28-30-32-34-35-36-37-38-39-41-43-45-47-49-51-53-55-57-59-61-63-65-67-74(79)85-72(71-84-76(75(80)81)82-69-68-77(3,4)5)70-83-73(78)66-64-62-60-58-56-54-52-50-48-46-44-42-40-33-31-29-27-25-23-21-19-17-15-13-11-9-7-2/h8-11,14-17,20-23,26-29,32-34,36-37,39-41,44-47,50,52,72,76H,6-7,12-13,18-19,24-25,30-31,35,38,42-43,48-49,51,53-71H2,1-5H3/b10-8-,11-9-,16-14-,17-15-,22-20-,23-21-,28-26-,29-27-,34-32-,37-36-,40-33-,41-39-,46-44-,47-45-,52-50-. The normalized spacial score (nSPS) is 13.9. The molecule has 0 rings (SSSR count). The predicted octanol–water partition coefficient (Wildman–Crippen LogP) is 19.1. The molecule has 0 spiro atoms. The van der Waals surface area contributed by atoms with E-state index in [0.717, 1.165) is 154 Å². The maximum absolute atomic E-state index is 12.9. The van der Waals surface area contributed by atoms with Crippen LogP contribution in [-0.2, 0) is 33.3 Å². The number of carboxylic acids is 1. The van der Waals surface area contributed by atoms with Crippen LogP contribution in [0.5, 0.6) is 0 Å². The molecule has 0 aromatic heterocycles. The zero-order chi connectivity index (χ0) is 61.9. The van der Waals surface area contributed by atoms with Crippen molar-refractivity contribution in [2.24, 2.45) is 0 Å². The minimum Gasteiger partial charge on any atom is -0.545 e. The first kappa shape index (κ1) is 79.4. The summed E-state index contributed by atoms with van der Waals surface area (Å²) in [5.74, 6) is -2.34. The monoisotopic (exact) mass is 1170 g/mol. The highest BCUT2D eigenvalue weighted by atomic mass is 16.7. The number of allylic oxidation sites excluding steroid dienone is 30. The number of rotatable bonds is 58. The summed E-state index contributed by atoms with van der Waals surface area (Å²) < 4.78 is 22.7. The first-order valence-electron chi connectivity index (χ1n) is 32.9. The summed E-state index contributed by atoms with van der Waals surface area (Å²) in [6, 6.07) is 0. The van der Waals surface area contributed by atoms with Gasteiger partial charge in [-0.15, -0.1) is 0 Å². The molecule has 476 valence electrons. The van der Waals surface area contributed by atoms with E-state index >= 15 is 0 Å². The molecule has 0 bridgehead atoms. The Morgan fingerprint density at radius 1 is 0.353 bits per heavy atom. The Morgan fingerprint density at radius 3 is 0.941 bits per heavy atom. The van der Waals surface area contributed by atoms with Gasteiger partial charge in [0, 0.05) is 12.8 Å². The zero-order valence-corrected chi connectivity index (χ0v) is 54.1. The SMILES string of the molecule is CC/C=C\C/C=C\C/C=C\C/C=C\C/C=C\C/C=C\C/C=C\C/C=C\CCCCCCCCCCC(=O)OC(COC(=O)CCCCCCC/C=C\C/C=C\C/C=C\C/C=C\C/C=C\C/C=C\C/C=C\CC)COC(OCC[N+](C)(C)C)C(=O)[O-]. The van der Waals surface area contributed by atoms with E-state index < -0.39 is 24.3 Å². The van der Waals surface area contributed by atoms with Gasteiger partial charge in [-0.2, -0.15) is 0 Å². The van der Waals surface area contributed by atoms with Gasteiger partial charge in [-0.1, -0.05) is 254 Å². The van der Waals surface area contributed by atoms with Crippen molar-refractivity contribution in [1.29, 1.82) is 0 Å². The van der Waals surface area contributed by atoms with Crippen LogP contribution in [-0.4, -0.2) is 82.3 Å². The van der Waals surface area contributed by atoms with Gasteiger partial charge in [0.05, 0.1) is 40.3 Å². The Bertz CT molecular complexity index is 2050. The summed E-state index contributed by atoms with van der Waals surface area (Å²) in [4.78, 5) is 37.4. The topological polar surface area (TPSA) is 111 Å². The average Bonchev–Trinajstić information content (AvgIpc) is 3.49. The Labute approximate surface area is 519 Å². The van der Waals surface area contributed by atoms with Crippen molar-refractivity contribution in [3.63, 3.8) is 0 Å². The van der Waals surface area contributed by atoms with Crippen molar-refractivity contribution in [2.45, 2.75) is 232 Å². The maximum Gasteiger partial charge on any atom is 0.306 e. The van der Waals surface area contributed by atoms with Crippen LogP contribution >= 0.6 is 0 Å². The van der Waals surface area contributed by atoms with Crippen LogP contribution < -0.4 is 5.11 Å². The van der Waals surface area contributed by atoms with Gasteiger partial charge in [-0.05, 0) is 135 Å². The molecule has 2 unspecified atom stereocenters. The maximum atomic E-state index is 12.9. The molecule has 0 saturated heterocycles. The van der Waals surface area contributed by atoms with Crippen LogP contribution in [0, 0.1) is 0 Å². The van der Waals surface area contributed by atoms with Gasteiger partial charge in [-0.25, -0.2) is 0 Å². The lowest BCUT2D eigenvalue weighted by molar-refractivity contribution is -0.870. The fraction of sp³-hybridized carbons (Fsp3) is 0.566. The zero-order valence-electron chi connectivity index (χ0n) is 54.1. The molecule has 85 heavy (non-hydrogen) atoms. The fourth-order valence-electron chi connectivity index (χ4n) is 8.18. The van der Waals surface area contributed by atoms with E-state index in [1.807, 2.05) is 21.1 Å². The minimum absolute atomic E-state index is 0.131. The number of carbonyl (C=O) groups is 3. The van der Waals surface area contributed by atoms with Crippen LogP contribution in [0.4, 0.5) is 0 Å². The lowest BCUT2D eigenvalue weighted by Gasteiger charge is -2.26. The van der Waals surface area contributed by atoms with Crippen molar-refractivity contribution in [1.82, 2.24) is 0 Å². The lowest BCUT2D eigenvalue weighted by atomic mass is 10.1. The number of aliphatic carboxylic acids is 1. The number of likely N-dealkylation sites (N-methyl/N-ethyl adjacent to an activating group) is 1. The second kappa shape index (κ2) is 64.4. The number of nitrogens with zero attached hydrogens (tertiary/aromatic N) is 1. The molecule has 0 radical (unpaired) electrons. The fourth-order valence-corrected chi connectivity index (χ4v) is 8.18. The second-order valence-electron chi connectivity index (χ2n) is 22.3. The number of carbonyl (C=O) groups excluding carboxylic acids is 3. The highest BCUT2D eigenvalue weighted by Gasteiger charge is 2.22. The number of esters is 2. The van der Waals surface area contributed by atoms with Crippen LogP contribution in [0.15, 0.2) is 182 Å². The molecular formula is C76H119NO8. The largest absolute Gasteiger partial charge is 0.545 e. The summed E-state index contributed by atoms with van der Waals surface area (Å²) in [5, 5.41) is 11.8. The molecule has 0 N–H and O–H groups in total. The van der Waals surface area contributed by atoms with E-state index in [1.165, 1.54) is 25.7 Å². The van der Waals surface area contributed by atoms with Gasteiger partial charge in [0.1, 0.15) is 13.2 Å². The second-order valence-corrected chi connectivity index (χ2v) is 22.3. The summed E-state index contributed by atoms with van der Waals surface area (Å²) in [5.41, 5.74) is 0. The van der Waals surface area contributed by atoms with Crippen molar-refractivity contribution in [2.75, 3.05) is 47.5 Å².